The number of nitrogens with two attached hydrogens (primary N) is 1. The van der Waals surface area contributed by atoms with Gasteiger partial charge in [0.05, 0.1) is 0 Å². The minimum atomic E-state index is -2.78. The van der Waals surface area contributed by atoms with Gasteiger partial charge in [-0.3, -0.25) is 0 Å². The molecule has 1 aromatic rings. The van der Waals surface area contributed by atoms with Gasteiger partial charge in [0.25, 0.3) is 0 Å². The van der Waals surface area contributed by atoms with Gasteiger partial charge in [-0.15, -0.1) is 0 Å². The van der Waals surface area contributed by atoms with Crippen molar-refractivity contribution >= 4 is 0 Å². The summed E-state index contributed by atoms with van der Waals surface area (Å²) in [4.78, 5) is 0. The van der Waals surface area contributed by atoms with Gasteiger partial charge < -0.3 is 10.5 Å². The van der Waals surface area contributed by atoms with Gasteiger partial charge >= 0.3 is 6.61 Å². The Balaban J connectivity index is 2.89. The third-order valence-corrected chi connectivity index (χ3v) is 1.85. The Morgan fingerprint density at radius 1 is 1.43 bits per heavy atom. The number of alkyl halides is 2. The second kappa shape index (κ2) is 4.91. The van der Waals surface area contributed by atoms with Gasteiger partial charge in [-0.1, -0.05) is 17.7 Å². The van der Waals surface area contributed by atoms with Crippen LogP contribution in [0.3, 0.4) is 0 Å². The largest absolute Gasteiger partial charge is 0.435 e. The van der Waals surface area contributed by atoms with Crippen molar-refractivity contribution in [2.75, 3.05) is 6.54 Å². The van der Waals surface area contributed by atoms with Crippen molar-refractivity contribution in [1.82, 2.24) is 0 Å². The van der Waals surface area contributed by atoms with Crippen molar-refractivity contribution in [3.8, 4) is 5.75 Å². The van der Waals surface area contributed by atoms with Gasteiger partial charge in [0.15, 0.2) is 0 Å². The van der Waals surface area contributed by atoms with E-state index in [0.29, 0.717) is 13.0 Å². The average molecular weight is 201 g/mol. The molecule has 78 valence electrons. The van der Waals surface area contributed by atoms with Gasteiger partial charge in [0.1, 0.15) is 5.75 Å². The second-order valence-electron chi connectivity index (χ2n) is 3.03. The lowest BCUT2D eigenvalue weighted by Crippen LogP contribution is -2.08. The fourth-order valence-corrected chi connectivity index (χ4v) is 1.27. The number of hydrogen-bond donors (Lipinski definition) is 1. The molecule has 0 unspecified atom stereocenters. The van der Waals surface area contributed by atoms with Crippen molar-refractivity contribution in [3.63, 3.8) is 0 Å². The van der Waals surface area contributed by atoms with E-state index in [1.165, 1.54) is 0 Å². The van der Waals surface area contributed by atoms with Crippen molar-refractivity contribution < 1.29 is 13.5 Å². The molecular formula is C10H13F2NO. The van der Waals surface area contributed by atoms with Crippen LogP contribution in [-0.2, 0) is 6.42 Å². The summed E-state index contributed by atoms with van der Waals surface area (Å²) >= 11 is 0. The SMILES string of the molecule is Cc1ccc(OC(F)F)c(CCN)c1. The molecule has 0 saturated heterocycles. The van der Waals surface area contributed by atoms with Gasteiger partial charge in [-0.05, 0) is 31.5 Å². The van der Waals surface area contributed by atoms with Crippen molar-refractivity contribution in [2.45, 2.75) is 20.0 Å². The predicted octanol–water partition coefficient (Wildman–Crippen LogP) is 2.10. The average Bonchev–Trinajstić information content (AvgIpc) is 2.09. The summed E-state index contributed by atoms with van der Waals surface area (Å²) < 4.78 is 28.3. The lowest BCUT2D eigenvalue weighted by molar-refractivity contribution is -0.0504. The lowest BCUT2D eigenvalue weighted by atomic mass is 10.1. The van der Waals surface area contributed by atoms with Crippen LogP contribution in [0.4, 0.5) is 8.78 Å². The normalized spacial score (nSPS) is 10.6. The van der Waals surface area contributed by atoms with Crippen molar-refractivity contribution in [3.05, 3.63) is 29.3 Å². The van der Waals surface area contributed by atoms with Crippen LogP contribution in [0.5, 0.6) is 5.75 Å². The van der Waals surface area contributed by atoms with E-state index in [2.05, 4.69) is 4.74 Å². The molecule has 4 heteroatoms. The number of aryl methyl sites for hydroxylation is 1. The zero-order valence-corrected chi connectivity index (χ0v) is 7.97. The number of ether oxygens (including phenoxy) is 1. The molecule has 0 heterocycles. The molecule has 0 aliphatic heterocycles. The van der Waals surface area contributed by atoms with Gasteiger partial charge in [0, 0.05) is 0 Å². The Bertz CT molecular complexity index is 302. The molecule has 0 aliphatic rings. The summed E-state index contributed by atoms with van der Waals surface area (Å²) in [5.74, 6) is 0.219. The highest BCUT2D eigenvalue weighted by atomic mass is 19.3. The number of halogens is 2. The molecule has 14 heavy (non-hydrogen) atoms. The molecule has 0 aliphatic carbocycles. The van der Waals surface area contributed by atoms with Gasteiger partial charge in [-0.25, -0.2) is 0 Å². The molecule has 0 bridgehead atoms. The Hall–Kier alpha value is -1.16. The van der Waals surface area contributed by atoms with Crippen LogP contribution in [0, 0.1) is 6.92 Å². The van der Waals surface area contributed by atoms with Crippen LogP contribution in [-0.4, -0.2) is 13.2 Å². The van der Waals surface area contributed by atoms with Crippen LogP contribution >= 0.6 is 0 Å². The first-order valence-corrected chi connectivity index (χ1v) is 4.38. The fraction of sp³-hybridized carbons (Fsp3) is 0.400. The maximum atomic E-state index is 12.0. The molecule has 2 N–H and O–H groups in total. The third kappa shape index (κ3) is 2.96. The van der Waals surface area contributed by atoms with E-state index in [1.807, 2.05) is 13.0 Å². The fourth-order valence-electron chi connectivity index (χ4n) is 1.27. The molecule has 0 aromatic heterocycles. The van der Waals surface area contributed by atoms with Crippen LogP contribution in [0.25, 0.3) is 0 Å². The number of hydrogen-bond acceptors (Lipinski definition) is 2. The summed E-state index contributed by atoms with van der Waals surface area (Å²) in [7, 11) is 0. The molecule has 0 spiro atoms. The highest BCUT2D eigenvalue weighted by Gasteiger charge is 2.08. The first-order valence-electron chi connectivity index (χ1n) is 4.38. The first-order chi connectivity index (χ1) is 6.63. The summed E-state index contributed by atoms with van der Waals surface area (Å²) in [5, 5.41) is 0. The van der Waals surface area contributed by atoms with E-state index < -0.39 is 6.61 Å². The second-order valence-corrected chi connectivity index (χ2v) is 3.03. The Morgan fingerprint density at radius 2 is 2.14 bits per heavy atom. The van der Waals surface area contributed by atoms with Crippen LogP contribution in [0.1, 0.15) is 11.1 Å². The molecular weight excluding hydrogens is 188 g/mol. The van der Waals surface area contributed by atoms with Gasteiger partial charge in [-0.2, -0.15) is 8.78 Å². The minimum Gasteiger partial charge on any atom is -0.435 e. The number of rotatable bonds is 4. The van der Waals surface area contributed by atoms with E-state index >= 15 is 0 Å². The minimum absolute atomic E-state index is 0.219. The lowest BCUT2D eigenvalue weighted by Gasteiger charge is -2.10. The number of benzene rings is 1. The van der Waals surface area contributed by atoms with E-state index in [4.69, 9.17) is 5.73 Å². The summed E-state index contributed by atoms with van der Waals surface area (Å²) in [6.45, 7) is -0.468. The van der Waals surface area contributed by atoms with Crippen LogP contribution in [0.2, 0.25) is 0 Å². The molecule has 1 aromatic carbocycles. The highest BCUT2D eigenvalue weighted by Crippen LogP contribution is 2.22. The quantitative estimate of drug-likeness (QED) is 0.809. The van der Waals surface area contributed by atoms with Crippen LogP contribution < -0.4 is 10.5 Å². The van der Waals surface area contributed by atoms with Gasteiger partial charge in [0.2, 0.25) is 0 Å². The third-order valence-electron chi connectivity index (χ3n) is 1.85. The van der Waals surface area contributed by atoms with Crippen LogP contribution in [0.15, 0.2) is 18.2 Å². The summed E-state index contributed by atoms with van der Waals surface area (Å²) in [6.07, 6.45) is 0.545. The highest BCUT2D eigenvalue weighted by molar-refractivity contribution is 5.37. The zero-order chi connectivity index (χ0) is 10.6. The van der Waals surface area contributed by atoms with E-state index in [9.17, 15) is 8.78 Å². The summed E-state index contributed by atoms with van der Waals surface area (Å²) in [5.41, 5.74) is 7.11. The van der Waals surface area contributed by atoms with Crippen molar-refractivity contribution in [2.24, 2.45) is 5.73 Å². The Labute approximate surface area is 81.7 Å². The molecule has 2 nitrogen and oxygen atoms in total. The van der Waals surface area contributed by atoms with E-state index in [-0.39, 0.29) is 5.75 Å². The standard InChI is InChI=1S/C10H13F2NO/c1-7-2-3-9(14-10(11)12)8(6-7)4-5-13/h2-3,6,10H,4-5,13H2,1H3. The predicted molar refractivity (Wildman–Crippen MR) is 50.6 cm³/mol. The maximum Gasteiger partial charge on any atom is 0.387 e. The Kier molecular flexibility index (Phi) is 3.83. The molecule has 0 atom stereocenters. The van der Waals surface area contributed by atoms with Crippen molar-refractivity contribution in [1.29, 1.82) is 0 Å². The molecule has 1 rings (SSSR count). The summed E-state index contributed by atoms with van der Waals surface area (Å²) in [6, 6.07) is 5.09. The molecule has 0 radical (unpaired) electrons. The smallest absolute Gasteiger partial charge is 0.387 e. The maximum absolute atomic E-state index is 12.0. The Morgan fingerprint density at radius 3 is 2.71 bits per heavy atom. The first kappa shape index (κ1) is 10.9. The zero-order valence-electron chi connectivity index (χ0n) is 7.97. The monoisotopic (exact) mass is 201 g/mol. The topological polar surface area (TPSA) is 35.2 Å². The molecule has 0 amide bonds. The molecule has 0 fully saturated rings. The van der Waals surface area contributed by atoms with E-state index in [0.717, 1.165) is 11.1 Å². The van der Waals surface area contributed by atoms with E-state index in [1.54, 1.807) is 12.1 Å². The molecule has 0 saturated carbocycles.